The lowest BCUT2D eigenvalue weighted by atomic mass is 10.2. The van der Waals surface area contributed by atoms with Gasteiger partial charge in [0.2, 0.25) is 26.6 Å². The number of oxazole rings is 1. The number of aromatic nitrogens is 1. The third-order valence-corrected chi connectivity index (χ3v) is 6.30. The Bertz CT molecular complexity index is 1230. The molecule has 2 aromatic carbocycles. The van der Waals surface area contributed by atoms with Gasteiger partial charge in [-0.05, 0) is 43.3 Å². The summed E-state index contributed by atoms with van der Waals surface area (Å²) < 4.78 is 37.6. The van der Waals surface area contributed by atoms with E-state index in [2.05, 4.69) is 10.3 Å². The number of benzene rings is 2. The number of hydrogen-bond donors (Lipinski definition) is 1. The summed E-state index contributed by atoms with van der Waals surface area (Å²) in [7, 11) is -3.92. The molecule has 0 spiro atoms. The molecule has 0 saturated carbocycles. The van der Waals surface area contributed by atoms with E-state index in [1.54, 1.807) is 60.7 Å². The molecule has 1 N–H and O–H groups in total. The minimum Gasteiger partial charge on any atom is -0.467 e. The van der Waals surface area contributed by atoms with Crippen molar-refractivity contribution in [3.63, 3.8) is 0 Å². The molecular weight excluding hydrogens is 412 g/mol. The first kappa shape index (κ1) is 19.3. The summed E-state index contributed by atoms with van der Waals surface area (Å²) in [5.74, 6) is 0.763. The van der Waals surface area contributed by atoms with Crippen molar-refractivity contribution in [2.24, 2.45) is 0 Å². The Morgan fingerprint density at radius 1 is 1.03 bits per heavy atom. The summed E-state index contributed by atoms with van der Waals surface area (Å²) in [6.45, 7) is 2.12. The molecule has 0 aliphatic heterocycles. The Labute approximate surface area is 173 Å². The topological polar surface area (TPSA) is 85.3 Å². The monoisotopic (exact) mass is 428 g/mol. The van der Waals surface area contributed by atoms with Gasteiger partial charge in [-0.1, -0.05) is 41.4 Å². The third kappa shape index (κ3) is 3.92. The molecule has 0 aliphatic rings. The highest BCUT2D eigenvalue weighted by Crippen LogP contribution is 2.35. The minimum absolute atomic E-state index is 0.0249. The largest absolute Gasteiger partial charge is 0.467 e. The van der Waals surface area contributed by atoms with Crippen LogP contribution in [0.25, 0.3) is 11.5 Å². The molecular formula is C21H17ClN2O4S. The minimum atomic E-state index is -3.92. The highest BCUT2D eigenvalue weighted by atomic mass is 35.5. The average Bonchev–Trinajstić information content (AvgIpc) is 3.37. The van der Waals surface area contributed by atoms with Crippen molar-refractivity contribution in [3.8, 4) is 11.5 Å². The average molecular weight is 429 g/mol. The van der Waals surface area contributed by atoms with E-state index in [0.717, 1.165) is 5.56 Å². The Morgan fingerprint density at radius 2 is 1.79 bits per heavy atom. The molecule has 148 valence electrons. The lowest BCUT2D eigenvalue weighted by molar-refractivity contribution is 0.511. The molecule has 0 amide bonds. The van der Waals surface area contributed by atoms with E-state index in [1.165, 1.54) is 6.26 Å². The highest BCUT2D eigenvalue weighted by molar-refractivity contribution is 7.91. The Hall–Kier alpha value is -3.03. The fourth-order valence-electron chi connectivity index (χ4n) is 2.76. The molecule has 0 radical (unpaired) electrons. The molecule has 0 unspecified atom stereocenters. The van der Waals surface area contributed by atoms with Gasteiger partial charge in [-0.3, -0.25) is 0 Å². The van der Waals surface area contributed by atoms with Crippen LogP contribution in [0, 0.1) is 6.92 Å². The molecule has 2 heterocycles. The fraction of sp³-hybridized carbons (Fsp3) is 0.0952. The lowest BCUT2D eigenvalue weighted by Crippen LogP contribution is -2.07. The van der Waals surface area contributed by atoms with Gasteiger partial charge in [0.05, 0.1) is 28.3 Å². The highest BCUT2D eigenvalue weighted by Gasteiger charge is 2.29. The summed E-state index contributed by atoms with van der Waals surface area (Å²) in [6, 6.07) is 17.0. The van der Waals surface area contributed by atoms with Crippen LogP contribution in [0.1, 0.15) is 11.3 Å². The second-order valence-electron chi connectivity index (χ2n) is 6.38. The first-order valence-electron chi connectivity index (χ1n) is 8.79. The number of anilines is 1. The lowest BCUT2D eigenvalue weighted by Gasteiger charge is -2.05. The first-order valence-corrected chi connectivity index (χ1v) is 10.6. The van der Waals surface area contributed by atoms with E-state index in [1.807, 2.05) is 6.92 Å². The molecule has 0 fully saturated rings. The quantitative estimate of drug-likeness (QED) is 0.446. The molecule has 0 bridgehead atoms. The second kappa shape index (κ2) is 7.77. The van der Waals surface area contributed by atoms with Crippen molar-refractivity contribution in [3.05, 3.63) is 83.3 Å². The van der Waals surface area contributed by atoms with Crippen LogP contribution < -0.4 is 5.32 Å². The molecule has 0 saturated heterocycles. The number of nitrogens with one attached hydrogen (secondary N) is 1. The Kier molecular flexibility index (Phi) is 5.17. The molecule has 29 heavy (non-hydrogen) atoms. The maximum atomic E-state index is 13.2. The number of aryl methyl sites for hydroxylation is 1. The normalized spacial score (nSPS) is 11.5. The van der Waals surface area contributed by atoms with Crippen LogP contribution in [-0.2, 0) is 16.4 Å². The van der Waals surface area contributed by atoms with E-state index in [-0.39, 0.29) is 28.2 Å². The SMILES string of the molecule is Cc1ccc(S(=O)(=O)c2nc(-c3ccccc3Cl)oc2NCc2ccco2)cc1. The number of halogens is 1. The van der Waals surface area contributed by atoms with E-state index in [9.17, 15) is 8.42 Å². The van der Waals surface area contributed by atoms with Gasteiger partial charge in [-0.25, -0.2) is 8.42 Å². The standard InChI is InChI=1S/C21H17ClN2O4S/c1-14-8-10-16(11-9-14)29(25,26)21-20(23-13-15-5-4-12-27-15)28-19(24-21)17-6-2-3-7-18(17)22/h2-12,23H,13H2,1H3. The zero-order valence-electron chi connectivity index (χ0n) is 15.4. The van der Waals surface area contributed by atoms with E-state index in [4.69, 9.17) is 20.4 Å². The predicted molar refractivity (Wildman–Crippen MR) is 110 cm³/mol. The summed E-state index contributed by atoms with van der Waals surface area (Å²) in [4.78, 5) is 4.41. The summed E-state index contributed by atoms with van der Waals surface area (Å²) >= 11 is 6.24. The molecule has 0 aliphatic carbocycles. The molecule has 2 aromatic heterocycles. The van der Waals surface area contributed by atoms with E-state index < -0.39 is 9.84 Å². The summed E-state index contributed by atoms with van der Waals surface area (Å²) in [6.07, 6.45) is 1.54. The number of sulfone groups is 1. The van der Waals surface area contributed by atoms with Gasteiger partial charge in [-0.15, -0.1) is 0 Å². The van der Waals surface area contributed by atoms with Crippen LogP contribution in [0.4, 0.5) is 5.88 Å². The van der Waals surface area contributed by atoms with Gasteiger partial charge in [-0.2, -0.15) is 4.98 Å². The van der Waals surface area contributed by atoms with Crippen LogP contribution in [0.2, 0.25) is 5.02 Å². The molecule has 4 rings (SSSR count). The van der Waals surface area contributed by atoms with Crippen molar-refractivity contribution in [1.29, 1.82) is 0 Å². The van der Waals surface area contributed by atoms with Gasteiger partial charge < -0.3 is 14.2 Å². The molecule has 4 aromatic rings. The van der Waals surface area contributed by atoms with Crippen molar-refractivity contribution in [2.45, 2.75) is 23.4 Å². The Morgan fingerprint density at radius 3 is 2.48 bits per heavy atom. The zero-order chi connectivity index (χ0) is 20.4. The van der Waals surface area contributed by atoms with E-state index >= 15 is 0 Å². The van der Waals surface area contributed by atoms with Gasteiger partial charge >= 0.3 is 0 Å². The van der Waals surface area contributed by atoms with Gasteiger partial charge in [0.1, 0.15) is 5.76 Å². The van der Waals surface area contributed by atoms with Crippen LogP contribution in [0.15, 0.2) is 85.7 Å². The summed E-state index contributed by atoms with van der Waals surface area (Å²) in [5, 5.41) is 3.17. The summed E-state index contributed by atoms with van der Waals surface area (Å²) in [5.41, 5.74) is 1.46. The van der Waals surface area contributed by atoms with Crippen LogP contribution in [0.3, 0.4) is 0 Å². The smallest absolute Gasteiger partial charge is 0.234 e. The van der Waals surface area contributed by atoms with Crippen molar-refractivity contribution < 1.29 is 17.3 Å². The maximum Gasteiger partial charge on any atom is 0.234 e. The third-order valence-electron chi connectivity index (χ3n) is 4.29. The van der Waals surface area contributed by atoms with Gasteiger partial charge in [0, 0.05) is 0 Å². The zero-order valence-corrected chi connectivity index (χ0v) is 17.0. The number of rotatable bonds is 6. The first-order chi connectivity index (χ1) is 13.9. The van der Waals surface area contributed by atoms with Gasteiger partial charge in [0.25, 0.3) is 0 Å². The molecule has 6 nitrogen and oxygen atoms in total. The van der Waals surface area contributed by atoms with Gasteiger partial charge in [0.15, 0.2) is 0 Å². The van der Waals surface area contributed by atoms with Crippen molar-refractivity contribution >= 4 is 27.3 Å². The molecule has 8 heteroatoms. The predicted octanol–water partition coefficient (Wildman–Crippen LogP) is 5.34. The fourth-order valence-corrected chi connectivity index (χ4v) is 4.25. The van der Waals surface area contributed by atoms with Crippen LogP contribution in [0.5, 0.6) is 0 Å². The number of furan rings is 1. The maximum absolute atomic E-state index is 13.2. The number of hydrogen-bond acceptors (Lipinski definition) is 6. The van der Waals surface area contributed by atoms with Crippen LogP contribution >= 0.6 is 11.6 Å². The van der Waals surface area contributed by atoms with Crippen LogP contribution in [-0.4, -0.2) is 13.4 Å². The van der Waals surface area contributed by atoms with Crippen molar-refractivity contribution in [2.75, 3.05) is 5.32 Å². The second-order valence-corrected chi connectivity index (χ2v) is 8.65. The van der Waals surface area contributed by atoms with E-state index in [0.29, 0.717) is 16.3 Å². The molecule has 0 atom stereocenters. The van der Waals surface area contributed by atoms with Crippen molar-refractivity contribution in [1.82, 2.24) is 4.98 Å². The Balaban J connectivity index is 1.80. The number of nitrogens with zero attached hydrogens (tertiary/aromatic N) is 1.